The first-order valence-corrected chi connectivity index (χ1v) is 10.6. The number of sulfonamides is 1. The topological polar surface area (TPSA) is 82.1 Å². The molecule has 0 aromatic heterocycles. The Balaban J connectivity index is 1.41. The molecule has 2 heterocycles. The molecule has 148 valence electrons. The Hall–Kier alpha value is -2.42. The Morgan fingerprint density at radius 1 is 1.00 bits per heavy atom. The highest BCUT2D eigenvalue weighted by Crippen LogP contribution is 2.36. The molecule has 2 aliphatic rings. The zero-order valence-corrected chi connectivity index (χ0v) is 16.1. The van der Waals surface area contributed by atoms with Gasteiger partial charge >= 0.3 is 0 Å². The van der Waals surface area contributed by atoms with Crippen LogP contribution in [0.15, 0.2) is 47.4 Å². The van der Waals surface area contributed by atoms with Crippen LogP contribution in [0.3, 0.4) is 0 Å². The quantitative estimate of drug-likeness (QED) is 0.688. The van der Waals surface area contributed by atoms with Crippen molar-refractivity contribution >= 4 is 15.8 Å². The maximum Gasteiger partial charge on any atom is 0.243 e. The number of morpholine rings is 1. The Kier molecular flexibility index (Phi) is 5.34. The third-order valence-corrected chi connectivity index (χ3v) is 6.78. The predicted molar refractivity (Wildman–Crippen MR) is 101 cm³/mol. The highest BCUT2D eigenvalue weighted by Gasteiger charge is 2.26. The van der Waals surface area contributed by atoms with Crippen LogP contribution in [0.2, 0.25) is 0 Å². The zero-order valence-electron chi connectivity index (χ0n) is 15.3. The summed E-state index contributed by atoms with van der Waals surface area (Å²) in [4.78, 5) is 12.8. The van der Waals surface area contributed by atoms with E-state index in [1.54, 1.807) is 42.5 Å². The predicted octanol–water partition coefficient (Wildman–Crippen LogP) is 2.25. The molecule has 0 N–H and O–H groups in total. The number of hydrogen-bond donors (Lipinski definition) is 0. The summed E-state index contributed by atoms with van der Waals surface area (Å²) in [6.07, 6.45) is 0.816. The van der Waals surface area contributed by atoms with Crippen LogP contribution in [0.4, 0.5) is 0 Å². The normalized spacial score (nSPS) is 16.9. The van der Waals surface area contributed by atoms with Crippen molar-refractivity contribution in [2.45, 2.75) is 17.7 Å². The smallest absolute Gasteiger partial charge is 0.243 e. The molecule has 0 unspecified atom stereocenters. The van der Waals surface area contributed by atoms with Crippen LogP contribution < -0.4 is 9.47 Å². The van der Waals surface area contributed by atoms with Gasteiger partial charge in [0.25, 0.3) is 0 Å². The van der Waals surface area contributed by atoms with Crippen LogP contribution >= 0.6 is 0 Å². The fourth-order valence-electron chi connectivity index (χ4n) is 3.31. The maximum absolute atomic E-state index is 12.6. The van der Waals surface area contributed by atoms with Crippen molar-refractivity contribution in [3.63, 3.8) is 0 Å². The van der Waals surface area contributed by atoms with Gasteiger partial charge in [-0.2, -0.15) is 4.31 Å². The van der Waals surface area contributed by atoms with Crippen LogP contribution in [-0.4, -0.2) is 51.6 Å². The maximum atomic E-state index is 12.6. The minimum Gasteiger partial charge on any atom is -0.454 e. The summed E-state index contributed by atoms with van der Waals surface area (Å²) in [7, 11) is -3.50. The second kappa shape index (κ2) is 7.90. The number of carbonyl (C=O) groups excluding carboxylic acids is 1. The van der Waals surface area contributed by atoms with E-state index in [2.05, 4.69) is 0 Å². The third-order valence-electron chi connectivity index (χ3n) is 4.87. The van der Waals surface area contributed by atoms with Crippen molar-refractivity contribution in [3.05, 3.63) is 53.6 Å². The fourth-order valence-corrected chi connectivity index (χ4v) is 4.71. The van der Waals surface area contributed by atoms with E-state index in [0.717, 1.165) is 5.56 Å². The van der Waals surface area contributed by atoms with Crippen molar-refractivity contribution in [1.82, 2.24) is 4.31 Å². The van der Waals surface area contributed by atoms with Gasteiger partial charge in [0.15, 0.2) is 17.3 Å². The second-order valence-corrected chi connectivity index (χ2v) is 8.56. The van der Waals surface area contributed by atoms with Crippen LogP contribution in [0.25, 0.3) is 0 Å². The average Bonchev–Trinajstić information content (AvgIpc) is 3.22. The Morgan fingerprint density at radius 2 is 1.75 bits per heavy atom. The van der Waals surface area contributed by atoms with Gasteiger partial charge in [-0.05, 0) is 36.2 Å². The van der Waals surface area contributed by atoms with E-state index < -0.39 is 10.0 Å². The number of ether oxygens (including phenoxy) is 3. The number of benzene rings is 2. The first-order valence-electron chi connectivity index (χ1n) is 9.14. The number of aryl methyl sites for hydroxylation is 1. The molecule has 0 radical (unpaired) electrons. The molecular weight excluding hydrogens is 382 g/mol. The number of Topliss-reactive ketones (excluding diaryl/α,β-unsaturated/α-hetero) is 1. The molecule has 0 saturated carbocycles. The molecule has 28 heavy (non-hydrogen) atoms. The van der Waals surface area contributed by atoms with Crippen LogP contribution in [0.5, 0.6) is 11.5 Å². The van der Waals surface area contributed by atoms with Gasteiger partial charge in [0, 0.05) is 19.5 Å². The van der Waals surface area contributed by atoms with Gasteiger partial charge in [0.2, 0.25) is 16.8 Å². The van der Waals surface area contributed by atoms with Crippen molar-refractivity contribution < 1.29 is 27.4 Å². The van der Waals surface area contributed by atoms with Crippen LogP contribution in [0, 0.1) is 0 Å². The second-order valence-electron chi connectivity index (χ2n) is 6.62. The fraction of sp³-hybridized carbons (Fsp3) is 0.350. The van der Waals surface area contributed by atoms with Crippen molar-refractivity contribution in [2.75, 3.05) is 33.1 Å². The summed E-state index contributed by atoms with van der Waals surface area (Å²) in [5, 5.41) is 0. The van der Waals surface area contributed by atoms with Crippen molar-refractivity contribution in [3.8, 4) is 11.5 Å². The molecule has 0 aliphatic carbocycles. The van der Waals surface area contributed by atoms with E-state index in [1.165, 1.54) is 4.31 Å². The molecule has 8 heteroatoms. The first-order chi connectivity index (χ1) is 13.6. The summed E-state index contributed by atoms with van der Waals surface area (Å²) in [5.74, 6) is 1.05. The highest BCUT2D eigenvalue weighted by atomic mass is 32.2. The number of fused-ring (bicyclic) bond motifs is 1. The van der Waals surface area contributed by atoms with Gasteiger partial charge in [-0.25, -0.2) is 8.42 Å². The molecule has 0 amide bonds. The van der Waals surface area contributed by atoms with Gasteiger partial charge in [0.05, 0.1) is 23.7 Å². The summed E-state index contributed by atoms with van der Waals surface area (Å²) in [5.41, 5.74) is 1.42. The number of nitrogens with zero attached hydrogens (tertiary/aromatic N) is 1. The van der Waals surface area contributed by atoms with Crippen molar-refractivity contribution in [1.29, 1.82) is 0 Å². The third kappa shape index (κ3) is 3.76. The number of hydrogen-bond acceptors (Lipinski definition) is 6. The molecule has 4 rings (SSSR count). The minimum atomic E-state index is -3.50. The summed E-state index contributed by atoms with van der Waals surface area (Å²) in [6, 6.07) is 12.0. The number of para-hydroxylation sites is 1. The van der Waals surface area contributed by atoms with E-state index >= 15 is 0 Å². The van der Waals surface area contributed by atoms with Crippen LogP contribution in [-0.2, 0) is 21.2 Å². The van der Waals surface area contributed by atoms with Gasteiger partial charge in [-0.3, -0.25) is 4.79 Å². The standard InChI is InChI=1S/C20H21NO6S/c22-18(17-2-1-3-19-20(17)27-14-26-19)9-6-15-4-7-16(8-5-15)28(23,24)21-10-12-25-13-11-21/h1-5,7-8H,6,9-14H2. The molecule has 7 nitrogen and oxygen atoms in total. The Labute approximate surface area is 163 Å². The van der Waals surface area contributed by atoms with Crippen molar-refractivity contribution in [2.24, 2.45) is 0 Å². The van der Waals surface area contributed by atoms with Gasteiger partial charge < -0.3 is 14.2 Å². The lowest BCUT2D eigenvalue weighted by Gasteiger charge is -2.26. The minimum absolute atomic E-state index is 0.0348. The number of ketones is 1. The highest BCUT2D eigenvalue weighted by molar-refractivity contribution is 7.89. The average molecular weight is 403 g/mol. The largest absolute Gasteiger partial charge is 0.454 e. The Bertz CT molecular complexity index is 965. The summed E-state index contributed by atoms with van der Waals surface area (Å²) in [6.45, 7) is 1.69. The SMILES string of the molecule is O=C(CCc1ccc(S(=O)(=O)N2CCOCC2)cc1)c1cccc2c1OCO2. The van der Waals surface area contributed by atoms with E-state index in [4.69, 9.17) is 14.2 Å². The summed E-state index contributed by atoms with van der Waals surface area (Å²) < 4.78 is 42.6. The number of carbonyl (C=O) groups is 1. The molecule has 0 spiro atoms. The van der Waals surface area contributed by atoms with E-state index in [0.29, 0.717) is 56.2 Å². The monoisotopic (exact) mass is 403 g/mol. The lowest BCUT2D eigenvalue weighted by molar-refractivity contribution is 0.0730. The van der Waals surface area contributed by atoms with E-state index in [1.807, 2.05) is 0 Å². The molecule has 0 atom stereocenters. The molecule has 2 aliphatic heterocycles. The molecule has 1 fully saturated rings. The number of rotatable bonds is 6. The van der Waals surface area contributed by atoms with Gasteiger partial charge in [-0.15, -0.1) is 0 Å². The lowest BCUT2D eigenvalue weighted by Crippen LogP contribution is -2.40. The Morgan fingerprint density at radius 3 is 2.50 bits per heavy atom. The lowest BCUT2D eigenvalue weighted by atomic mass is 10.0. The molecule has 2 aromatic carbocycles. The van der Waals surface area contributed by atoms with Crippen LogP contribution in [0.1, 0.15) is 22.3 Å². The molecule has 0 bridgehead atoms. The molecular formula is C20H21NO6S. The first kappa shape index (κ1) is 18.9. The van der Waals surface area contributed by atoms with Gasteiger partial charge in [-0.1, -0.05) is 18.2 Å². The van der Waals surface area contributed by atoms with Gasteiger partial charge in [0.1, 0.15) is 0 Å². The summed E-state index contributed by atoms with van der Waals surface area (Å²) >= 11 is 0. The van der Waals surface area contributed by atoms with E-state index in [-0.39, 0.29) is 17.5 Å². The van der Waals surface area contributed by atoms with E-state index in [9.17, 15) is 13.2 Å². The molecule has 1 saturated heterocycles. The molecule has 2 aromatic rings. The zero-order chi connectivity index (χ0) is 19.6.